The maximum Gasteiger partial charge on any atom is 0.0818 e. The van der Waals surface area contributed by atoms with Crippen LogP contribution in [0.3, 0.4) is 0 Å². The topological polar surface area (TPSA) is 38.0 Å². The summed E-state index contributed by atoms with van der Waals surface area (Å²) in [6.07, 6.45) is 21.4. The van der Waals surface area contributed by atoms with Gasteiger partial charge in [-0.1, -0.05) is 50.0 Å². The highest BCUT2D eigenvalue weighted by atomic mass is 32.1. The minimum absolute atomic E-state index is 0.186. The van der Waals surface area contributed by atoms with Crippen molar-refractivity contribution >= 4 is 17.2 Å². The lowest BCUT2D eigenvalue weighted by molar-refractivity contribution is -0.106. The van der Waals surface area contributed by atoms with Gasteiger partial charge in [-0.05, 0) is 106 Å². The molecular formula is C26H40N2S. The van der Waals surface area contributed by atoms with Crippen molar-refractivity contribution in [1.82, 2.24) is 5.32 Å². The van der Waals surface area contributed by atoms with Crippen molar-refractivity contribution in [3.63, 3.8) is 0 Å². The summed E-state index contributed by atoms with van der Waals surface area (Å²) in [4.78, 5) is 1.18. The Labute approximate surface area is 183 Å². The molecule has 0 heterocycles. The first-order valence-corrected chi connectivity index (χ1v) is 12.2. The molecule has 160 valence electrons. The molecule has 0 aromatic carbocycles. The van der Waals surface area contributed by atoms with E-state index in [1.807, 2.05) is 0 Å². The number of hydrogen-bond donors (Lipinski definition) is 2. The number of thiocarbonyl (C=S) groups is 1. The van der Waals surface area contributed by atoms with Crippen molar-refractivity contribution in [2.45, 2.75) is 84.1 Å². The second kappa shape index (κ2) is 7.96. The second-order valence-electron chi connectivity index (χ2n) is 11.2. The number of nitrogens with two attached hydrogens (primary N) is 1. The summed E-state index contributed by atoms with van der Waals surface area (Å²) in [6, 6.07) is 0.555. The molecule has 0 aliphatic heterocycles. The van der Waals surface area contributed by atoms with Gasteiger partial charge in [0.1, 0.15) is 0 Å². The Hall–Kier alpha value is -0.930. The lowest BCUT2D eigenvalue weighted by Gasteiger charge is -2.66. The van der Waals surface area contributed by atoms with Crippen molar-refractivity contribution in [2.75, 3.05) is 6.54 Å². The van der Waals surface area contributed by atoms with Gasteiger partial charge in [0.05, 0.1) is 4.99 Å². The molecule has 3 N–H and O–H groups in total. The first-order chi connectivity index (χ1) is 13.8. The van der Waals surface area contributed by atoms with E-state index in [-0.39, 0.29) is 10.8 Å². The minimum Gasteiger partial charge on any atom is -0.376 e. The number of allylic oxidation sites excluding steroid dienone is 5. The Morgan fingerprint density at radius 2 is 1.76 bits per heavy atom. The quantitative estimate of drug-likeness (QED) is 0.410. The molecule has 0 amide bonds. The van der Waals surface area contributed by atoms with Gasteiger partial charge >= 0.3 is 0 Å². The van der Waals surface area contributed by atoms with E-state index in [0.717, 1.165) is 18.4 Å². The zero-order valence-corrected chi connectivity index (χ0v) is 19.3. The highest BCUT2D eigenvalue weighted by Gasteiger charge is 2.63. The molecule has 2 unspecified atom stereocenters. The van der Waals surface area contributed by atoms with Crippen molar-refractivity contribution in [3.8, 4) is 0 Å². The third-order valence-corrected chi connectivity index (χ3v) is 9.18. The molecule has 0 radical (unpaired) electrons. The summed E-state index contributed by atoms with van der Waals surface area (Å²) in [5, 5.41) is 3.88. The fraction of sp³-hybridized carbons (Fsp3) is 0.731. The Bertz CT molecular complexity index is 716. The Morgan fingerprint density at radius 1 is 1.07 bits per heavy atom. The van der Waals surface area contributed by atoms with Gasteiger partial charge in [0, 0.05) is 11.5 Å². The molecule has 0 aromatic rings. The normalized spacial score (nSPS) is 43.9. The highest BCUT2D eigenvalue weighted by Crippen LogP contribution is 2.71. The van der Waals surface area contributed by atoms with Crippen LogP contribution < -0.4 is 11.1 Å². The lowest BCUT2D eigenvalue weighted by atomic mass is 9.38. The molecule has 0 aromatic heterocycles. The van der Waals surface area contributed by atoms with E-state index in [1.54, 1.807) is 0 Å². The van der Waals surface area contributed by atoms with E-state index >= 15 is 0 Å². The molecule has 5 aliphatic carbocycles. The standard InChI is InChI=1S/C26H40N2S/c1-4-5-6-7-19(2)25-13-21-12-24(3,16-25)17-26(14-21,18-25)23(29)28-22-10-8-20(15-27)9-11-22/h4-7,20-22H,2,8-18,27H2,1,3H3,(H,28,29)/b5-4-,7-6-/t20?,21?,22?,24-,25-,26?/m1/s1. The highest BCUT2D eigenvalue weighted by molar-refractivity contribution is 7.80. The maximum absolute atomic E-state index is 6.18. The van der Waals surface area contributed by atoms with Crippen molar-refractivity contribution in [3.05, 3.63) is 36.5 Å². The number of hydrogen-bond acceptors (Lipinski definition) is 2. The third kappa shape index (κ3) is 4.02. The zero-order valence-electron chi connectivity index (χ0n) is 18.5. The molecule has 0 spiro atoms. The van der Waals surface area contributed by atoms with Crippen LogP contribution in [-0.2, 0) is 0 Å². The summed E-state index contributed by atoms with van der Waals surface area (Å²) in [5.74, 6) is 1.52. The number of rotatable bonds is 6. The van der Waals surface area contributed by atoms with Gasteiger partial charge in [0.2, 0.25) is 0 Å². The molecular weight excluding hydrogens is 372 g/mol. The van der Waals surface area contributed by atoms with E-state index in [2.05, 4.69) is 50.0 Å². The van der Waals surface area contributed by atoms with Gasteiger partial charge < -0.3 is 11.1 Å². The molecule has 5 fully saturated rings. The van der Waals surface area contributed by atoms with Gasteiger partial charge in [-0.15, -0.1) is 0 Å². The number of nitrogens with one attached hydrogen (secondary N) is 1. The second-order valence-corrected chi connectivity index (χ2v) is 11.6. The predicted octanol–water partition coefficient (Wildman–Crippen LogP) is 6.09. The summed E-state index contributed by atoms with van der Waals surface area (Å²) in [5.41, 5.74) is 8.07. The van der Waals surface area contributed by atoms with Crippen molar-refractivity contribution < 1.29 is 0 Å². The van der Waals surface area contributed by atoms with Crippen LogP contribution in [0.2, 0.25) is 0 Å². The SMILES string of the molecule is C=C(/C=C\C=C/C)[C@]12CC3CC(C(=S)NC4CCC(CN)CC4)(C[C@](C)(C3)C1)C2. The summed E-state index contributed by atoms with van der Waals surface area (Å²) in [7, 11) is 0. The third-order valence-electron chi connectivity index (χ3n) is 8.63. The summed E-state index contributed by atoms with van der Waals surface area (Å²) >= 11 is 6.18. The first kappa shape index (κ1) is 21.3. The van der Waals surface area contributed by atoms with E-state index in [4.69, 9.17) is 18.0 Å². The first-order valence-electron chi connectivity index (χ1n) is 11.8. The minimum atomic E-state index is 0.186. The van der Waals surface area contributed by atoms with Crippen LogP contribution in [0, 0.1) is 28.1 Å². The van der Waals surface area contributed by atoms with Gasteiger partial charge in [0.25, 0.3) is 0 Å². The molecule has 5 aliphatic rings. The molecule has 5 rings (SSSR count). The van der Waals surface area contributed by atoms with E-state index in [9.17, 15) is 0 Å². The largest absolute Gasteiger partial charge is 0.376 e. The van der Waals surface area contributed by atoms with Gasteiger partial charge in [-0.3, -0.25) is 0 Å². The van der Waals surface area contributed by atoms with Crippen LogP contribution in [-0.4, -0.2) is 17.6 Å². The van der Waals surface area contributed by atoms with Crippen molar-refractivity contribution in [2.24, 2.45) is 33.8 Å². The molecule has 2 nitrogen and oxygen atoms in total. The van der Waals surface area contributed by atoms with E-state index in [0.29, 0.717) is 11.5 Å². The maximum atomic E-state index is 6.18. The van der Waals surface area contributed by atoms with Crippen molar-refractivity contribution in [1.29, 1.82) is 0 Å². The lowest BCUT2D eigenvalue weighted by Crippen LogP contribution is -2.61. The molecule has 4 bridgehead atoms. The Balaban J connectivity index is 1.52. The van der Waals surface area contributed by atoms with Gasteiger partial charge in [-0.2, -0.15) is 0 Å². The summed E-state index contributed by atoms with van der Waals surface area (Å²) in [6.45, 7) is 10.0. The molecule has 0 saturated heterocycles. The molecule has 3 heteroatoms. The molecule has 29 heavy (non-hydrogen) atoms. The van der Waals surface area contributed by atoms with Gasteiger partial charge in [-0.25, -0.2) is 0 Å². The van der Waals surface area contributed by atoms with Crippen LogP contribution in [0.25, 0.3) is 0 Å². The van der Waals surface area contributed by atoms with Crippen LogP contribution in [0.5, 0.6) is 0 Å². The molecule has 5 saturated carbocycles. The zero-order chi connectivity index (χ0) is 20.7. The Kier molecular flexibility index (Phi) is 5.85. The van der Waals surface area contributed by atoms with Crippen LogP contribution in [0.1, 0.15) is 78.1 Å². The fourth-order valence-electron chi connectivity index (χ4n) is 7.87. The van der Waals surface area contributed by atoms with Gasteiger partial charge in [0.15, 0.2) is 0 Å². The average molecular weight is 413 g/mol. The van der Waals surface area contributed by atoms with Crippen LogP contribution in [0.15, 0.2) is 36.5 Å². The monoisotopic (exact) mass is 412 g/mol. The summed E-state index contributed by atoms with van der Waals surface area (Å²) < 4.78 is 0. The average Bonchev–Trinajstić information content (AvgIpc) is 2.67. The van der Waals surface area contributed by atoms with E-state index < -0.39 is 0 Å². The molecule has 4 atom stereocenters. The van der Waals surface area contributed by atoms with E-state index in [1.165, 1.54) is 74.8 Å². The smallest absolute Gasteiger partial charge is 0.0818 e. The predicted molar refractivity (Wildman–Crippen MR) is 128 cm³/mol. The fourth-order valence-corrected chi connectivity index (χ4v) is 8.27. The van der Waals surface area contributed by atoms with Crippen LogP contribution >= 0.6 is 12.2 Å². The van der Waals surface area contributed by atoms with Crippen LogP contribution in [0.4, 0.5) is 0 Å². The Morgan fingerprint density at radius 3 is 2.41 bits per heavy atom.